The molecule has 0 spiro atoms. The summed E-state index contributed by atoms with van der Waals surface area (Å²) in [7, 11) is 0. The van der Waals surface area contributed by atoms with Crippen molar-refractivity contribution in [2.75, 3.05) is 0 Å². The first-order valence-electron chi connectivity index (χ1n) is 8.75. The predicted molar refractivity (Wildman–Crippen MR) is 101 cm³/mol. The molecule has 2 heterocycles. The van der Waals surface area contributed by atoms with Crippen molar-refractivity contribution in [3.05, 3.63) is 71.1 Å². The summed E-state index contributed by atoms with van der Waals surface area (Å²) in [5.74, 6) is -1.56. The molecule has 0 aliphatic heterocycles. The lowest BCUT2D eigenvalue weighted by atomic mass is 10.0. The zero-order valence-electron chi connectivity index (χ0n) is 16.1. The summed E-state index contributed by atoms with van der Waals surface area (Å²) in [5.41, 5.74) is 1.68. The van der Waals surface area contributed by atoms with Crippen LogP contribution >= 0.6 is 0 Å². The van der Waals surface area contributed by atoms with Crippen molar-refractivity contribution in [2.24, 2.45) is 5.73 Å². The molecule has 3 aromatic rings. The van der Waals surface area contributed by atoms with Gasteiger partial charge >= 0.3 is 12.4 Å². The molecule has 0 radical (unpaired) electrons. The minimum absolute atomic E-state index is 0.0106. The SMILES string of the molecule is N#Cc1ncc(/C(=C\c2ccnc(-c3cc(C(F)(F)F)cc(C(F)(F)F)c3)n2)C(N)=O)cn1. The van der Waals surface area contributed by atoms with Crippen LogP contribution in [0.1, 0.15) is 28.2 Å². The molecule has 33 heavy (non-hydrogen) atoms. The summed E-state index contributed by atoms with van der Waals surface area (Å²) in [4.78, 5) is 27.0. The van der Waals surface area contributed by atoms with Crippen LogP contribution in [0.4, 0.5) is 26.3 Å². The molecule has 0 aliphatic carbocycles. The van der Waals surface area contributed by atoms with Crippen LogP contribution in [0.3, 0.4) is 0 Å². The lowest BCUT2D eigenvalue weighted by Gasteiger charge is -2.14. The molecule has 7 nitrogen and oxygen atoms in total. The summed E-state index contributed by atoms with van der Waals surface area (Å²) in [5, 5.41) is 8.75. The van der Waals surface area contributed by atoms with Crippen LogP contribution in [0.25, 0.3) is 23.0 Å². The lowest BCUT2D eigenvalue weighted by molar-refractivity contribution is -0.143. The average Bonchev–Trinajstić information content (AvgIpc) is 2.76. The van der Waals surface area contributed by atoms with E-state index in [9.17, 15) is 31.1 Å². The van der Waals surface area contributed by atoms with Crippen molar-refractivity contribution < 1.29 is 31.1 Å². The Labute approximate surface area is 181 Å². The van der Waals surface area contributed by atoms with Gasteiger partial charge in [-0.3, -0.25) is 4.79 Å². The molecule has 0 bridgehead atoms. The highest BCUT2D eigenvalue weighted by molar-refractivity contribution is 6.23. The minimum atomic E-state index is -5.04. The summed E-state index contributed by atoms with van der Waals surface area (Å²) in [6, 6.07) is 3.91. The largest absolute Gasteiger partial charge is 0.416 e. The second-order valence-electron chi connectivity index (χ2n) is 6.43. The number of carbonyl (C=O) groups excluding carboxylic acids is 1. The van der Waals surface area contributed by atoms with E-state index in [1.165, 1.54) is 6.07 Å². The van der Waals surface area contributed by atoms with Crippen molar-refractivity contribution in [2.45, 2.75) is 12.4 Å². The Morgan fingerprint density at radius 1 is 0.970 bits per heavy atom. The first-order valence-corrected chi connectivity index (χ1v) is 8.75. The zero-order chi connectivity index (χ0) is 24.4. The fraction of sp³-hybridized carbons (Fsp3) is 0.100. The van der Waals surface area contributed by atoms with Gasteiger partial charge < -0.3 is 5.73 Å². The molecule has 0 atom stereocenters. The summed E-state index contributed by atoms with van der Waals surface area (Å²) < 4.78 is 78.8. The molecular weight excluding hydrogens is 454 g/mol. The molecule has 0 unspecified atom stereocenters. The number of nitriles is 1. The van der Waals surface area contributed by atoms with Crippen molar-refractivity contribution in [1.82, 2.24) is 19.9 Å². The number of primary amides is 1. The molecule has 0 saturated carbocycles. The number of rotatable bonds is 4. The van der Waals surface area contributed by atoms with Gasteiger partial charge in [0.15, 0.2) is 5.82 Å². The fourth-order valence-electron chi connectivity index (χ4n) is 2.65. The Bertz CT molecular complexity index is 1240. The Balaban J connectivity index is 2.11. The van der Waals surface area contributed by atoms with E-state index >= 15 is 0 Å². The number of alkyl halides is 6. The van der Waals surface area contributed by atoms with Crippen molar-refractivity contribution >= 4 is 17.6 Å². The third kappa shape index (κ3) is 5.48. The van der Waals surface area contributed by atoms with Gasteiger partial charge in [0.2, 0.25) is 11.7 Å². The predicted octanol–water partition coefficient (Wildman–Crippen LogP) is 3.87. The lowest BCUT2D eigenvalue weighted by Crippen LogP contribution is -2.13. The van der Waals surface area contributed by atoms with Gasteiger partial charge in [0.05, 0.1) is 22.4 Å². The first kappa shape index (κ1) is 23.3. The molecule has 3 rings (SSSR count). The second-order valence-corrected chi connectivity index (χ2v) is 6.43. The van der Waals surface area contributed by atoms with E-state index in [4.69, 9.17) is 11.0 Å². The second kappa shape index (κ2) is 8.65. The molecule has 13 heteroatoms. The number of nitrogens with two attached hydrogens (primary N) is 1. The molecule has 0 fully saturated rings. The third-order valence-corrected chi connectivity index (χ3v) is 4.14. The number of aromatic nitrogens is 4. The average molecular weight is 464 g/mol. The molecule has 168 valence electrons. The smallest absolute Gasteiger partial charge is 0.366 e. The first-order chi connectivity index (χ1) is 15.4. The molecule has 0 saturated heterocycles. The van der Waals surface area contributed by atoms with Gasteiger partial charge in [-0.05, 0) is 30.3 Å². The normalized spacial score (nSPS) is 12.3. The third-order valence-electron chi connectivity index (χ3n) is 4.14. The Morgan fingerprint density at radius 3 is 2.03 bits per heavy atom. The Hall–Kier alpha value is -4.34. The van der Waals surface area contributed by atoms with E-state index in [1.54, 1.807) is 6.07 Å². The van der Waals surface area contributed by atoms with Crippen LogP contribution in [-0.4, -0.2) is 25.8 Å². The van der Waals surface area contributed by atoms with Gasteiger partial charge in [0.1, 0.15) is 6.07 Å². The van der Waals surface area contributed by atoms with E-state index in [1.807, 2.05) is 0 Å². The van der Waals surface area contributed by atoms with Crippen LogP contribution in [-0.2, 0) is 17.1 Å². The molecule has 2 aromatic heterocycles. The standard InChI is InChI=1S/C20H10F6N6O/c21-19(22,23)12-3-10(4-13(5-12)20(24,25)26)18-29-2-1-14(32-18)6-15(17(28)33)11-8-30-16(7-27)31-9-11/h1-6,8-9H,(H2,28,33)/b15-6+. The monoisotopic (exact) mass is 464 g/mol. The van der Waals surface area contributed by atoms with Crippen molar-refractivity contribution in [1.29, 1.82) is 5.26 Å². The summed E-state index contributed by atoms with van der Waals surface area (Å²) in [6.45, 7) is 0. The highest BCUT2D eigenvalue weighted by atomic mass is 19.4. The Morgan fingerprint density at radius 2 is 1.55 bits per heavy atom. The maximum absolute atomic E-state index is 13.1. The highest BCUT2D eigenvalue weighted by Gasteiger charge is 2.37. The van der Waals surface area contributed by atoms with Gasteiger partial charge in [-0.15, -0.1) is 0 Å². The van der Waals surface area contributed by atoms with Gasteiger partial charge in [0, 0.05) is 29.7 Å². The van der Waals surface area contributed by atoms with Crippen LogP contribution in [0.15, 0.2) is 42.9 Å². The van der Waals surface area contributed by atoms with Crippen LogP contribution < -0.4 is 5.73 Å². The number of halogens is 6. The number of carbonyl (C=O) groups is 1. The molecule has 0 aliphatic rings. The summed E-state index contributed by atoms with van der Waals surface area (Å²) in [6.07, 6.45) is -5.56. The van der Waals surface area contributed by atoms with E-state index < -0.39 is 40.8 Å². The van der Waals surface area contributed by atoms with Gasteiger partial charge in [-0.1, -0.05) is 0 Å². The Kier molecular flexibility index (Phi) is 6.12. The number of hydrogen-bond donors (Lipinski definition) is 1. The van der Waals surface area contributed by atoms with E-state index in [-0.39, 0.29) is 28.7 Å². The number of hydrogen-bond acceptors (Lipinski definition) is 6. The highest BCUT2D eigenvalue weighted by Crippen LogP contribution is 2.38. The van der Waals surface area contributed by atoms with Crippen LogP contribution in [0.2, 0.25) is 0 Å². The minimum Gasteiger partial charge on any atom is -0.366 e. The van der Waals surface area contributed by atoms with E-state index in [0.29, 0.717) is 12.1 Å². The van der Waals surface area contributed by atoms with Crippen molar-refractivity contribution in [3.8, 4) is 17.5 Å². The van der Waals surface area contributed by atoms with Gasteiger partial charge in [-0.25, -0.2) is 19.9 Å². The maximum atomic E-state index is 13.1. The quantitative estimate of drug-likeness (QED) is 0.463. The van der Waals surface area contributed by atoms with Crippen LogP contribution in [0.5, 0.6) is 0 Å². The van der Waals surface area contributed by atoms with Gasteiger partial charge in [0.25, 0.3) is 0 Å². The van der Waals surface area contributed by atoms with E-state index in [0.717, 1.165) is 24.7 Å². The number of amides is 1. The fourth-order valence-corrected chi connectivity index (χ4v) is 2.65. The molecular formula is C20H10F6N6O. The topological polar surface area (TPSA) is 118 Å². The number of benzene rings is 1. The van der Waals surface area contributed by atoms with E-state index in [2.05, 4.69) is 19.9 Å². The molecule has 1 amide bonds. The van der Waals surface area contributed by atoms with Gasteiger partial charge in [-0.2, -0.15) is 31.6 Å². The van der Waals surface area contributed by atoms with Crippen LogP contribution in [0, 0.1) is 11.3 Å². The molecule has 1 aromatic carbocycles. The number of nitrogens with zero attached hydrogens (tertiary/aromatic N) is 5. The maximum Gasteiger partial charge on any atom is 0.416 e. The zero-order valence-corrected chi connectivity index (χ0v) is 16.1. The summed E-state index contributed by atoms with van der Waals surface area (Å²) >= 11 is 0. The molecule has 2 N–H and O–H groups in total. The van der Waals surface area contributed by atoms with Crippen molar-refractivity contribution in [3.63, 3.8) is 0 Å².